The van der Waals surface area contributed by atoms with Crippen molar-refractivity contribution in [3.05, 3.63) is 23.4 Å². The van der Waals surface area contributed by atoms with Gasteiger partial charge in [-0.3, -0.25) is 4.79 Å². The first-order chi connectivity index (χ1) is 9.63. The molecule has 0 aliphatic carbocycles. The van der Waals surface area contributed by atoms with Crippen LogP contribution >= 0.6 is 0 Å². The summed E-state index contributed by atoms with van der Waals surface area (Å²) >= 11 is 0. The molecular weight excluding hydrogens is 256 g/mol. The van der Waals surface area contributed by atoms with E-state index >= 15 is 0 Å². The summed E-state index contributed by atoms with van der Waals surface area (Å²) in [6.45, 7) is 5.32. The molecule has 3 rings (SSSR count). The summed E-state index contributed by atoms with van der Waals surface area (Å²) in [5.74, 6) is 1.55. The number of nitrogens with zero attached hydrogens (tertiary/aromatic N) is 1. The number of aromatic nitrogens is 1. The zero-order chi connectivity index (χ0) is 14.3. The van der Waals surface area contributed by atoms with Gasteiger partial charge in [0.2, 0.25) is 6.79 Å². The van der Waals surface area contributed by atoms with Gasteiger partial charge in [0.1, 0.15) is 0 Å². The number of carbonyl (C=O) groups is 1. The number of hydrogen-bond acceptors (Lipinski definition) is 4. The first-order valence-corrected chi connectivity index (χ1v) is 6.76. The number of likely N-dealkylation sites (N-methyl/N-ethyl adjacent to an activating group) is 1. The van der Waals surface area contributed by atoms with Crippen molar-refractivity contribution in [1.29, 1.82) is 0 Å². The van der Waals surface area contributed by atoms with E-state index in [0.29, 0.717) is 12.3 Å². The van der Waals surface area contributed by atoms with Gasteiger partial charge < -0.3 is 19.4 Å². The fraction of sp³-hybridized carbons (Fsp3) is 0.400. The van der Waals surface area contributed by atoms with Gasteiger partial charge in [-0.25, -0.2) is 0 Å². The lowest BCUT2D eigenvalue weighted by Crippen LogP contribution is -2.23. The highest BCUT2D eigenvalue weighted by molar-refractivity contribution is 6.11. The topological polar surface area (TPSA) is 52.5 Å². The average molecular weight is 274 g/mol. The van der Waals surface area contributed by atoms with Crippen molar-refractivity contribution >= 4 is 16.7 Å². The molecule has 5 heteroatoms. The Morgan fingerprint density at radius 1 is 1.35 bits per heavy atom. The third kappa shape index (κ3) is 1.86. The molecule has 20 heavy (non-hydrogen) atoms. The zero-order valence-electron chi connectivity index (χ0n) is 11.9. The molecule has 0 saturated heterocycles. The third-order valence-corrected chi connectivity index (χ3v) is 3.80. The van der Waals surface area contributed by atoms with Gasteiger partial charge >= 0.3 is 0 Å². The van der Waals surface area contributed by atoms with Crippen molar-refractivity contribution in [3.63, 3.8) is 0 Å². The van der Waals surface area contributed by atoms with E-state index in [2.05, 4.69) is 5.32 Å². The highest BCUT2D eigenvalue weighted by atomic mass is 16.7. The summed E-state index contributed by atoms with van der Waals surface area (Å²) in [5.41, 5.74) is 2.72. The van der Waals surface area contributed by atoms with Gasteiger partial charge in [-0.15, -0.1) is 0 Å². The first kappa shape index (κ1) is 13.0. The maximum absolute atomic E-state index is 12.4. The molecule has 0 bridgehead atoms. The Hall–Kier alpha value is -2.01. The van der Waals surface area contributed by atoms with E-state index in [9.17, 15) is 4.79 Å². The predicted octanol–water partition coefficient (Wildman–Crippen LogP) is 2.01. The number of hydrogen-bond donors (Lipinski definition) is 1. The molecule has 5 nitrogen and oxygen atoms in total. The summed E-state index contributed by atoms with van der Waals surface area (Å²) in [6.07, 6.45) is 0. The van der Waals surface area contributed by atoms with E-state index < -0.39 is 0 Å². The fourth-order valence-electron chi connectivity index (χ4n) is 2.63. The minimum Gasteiger partial charge on any atom is -0.454 e. The molecule has 106 valence electrons. The second kappa shape index (κ2) is 4.83. The zero-order valence-corrected chi connectivity index (χ0v) is 11.9. The van der Waals surface area contributed by atoms with E-state index in [1.807, 2.05) is 37.6 Å². The molecule has 1 aromatic heterocycles. The van der Waals surface area contributed by atoms with Gasteiger partial charge in [-0.2, -0.15) is 0 Å². The molecule has 2 heterocycles. The number of benzene rings is 1. The Morgan fingerprint density at radius 2 is 2.05 bits per heavy atom. The smallest absolute Gasteiger partial charge is 0.231 e. The molecule has 0 radical (unpaired) electrons. The van der Waals surface area contributed by atoms with Crippen molar-refractivity contribution in [3.8, 4) is 11.5 Å². The van der Waals surface area contributed by atoms with Crippen LogP contribution in [0.1, 0.15) is 23.0 Å². The molecule has 2 aromatic rings. The summed E-state index contributed by atoms with van der Waals surface area (Å²) < 4.78 is 12.8. The van der Waals surface area contributed by atoms with Crippen LogP contribution in [-0.2, 0) is 7.05 Å². The second-order valence-electron chi connectivity index (χ2n) is 4.95. The van der Waals surface area contributed by atoms with Crippen LogP contribution in [-0.4, -0.2) is 30.2 Å². The monoisotopic (exact) mass is 274 g/mol. The van der Waals surface area contributed by atoms with Gasteiger partial charge in [-0.1, -0.05) is 6.92 Å². The molecule has 0 fully saturated rings. The number of fused-ring (bicyclic) bond motifs is 2. The summed E-state index contributed by atoms with van der Waals surface area (Å²) in [4.78, 5) is 12.4. The van der Waals surface area contributed by atoms with Gasteiger partial charge in [0.15, 0.2) is 17.3 Å². The van der Waals surface area contributed by atoms with Crippen LogP contribution in [0.4, 0.5) is 0 Å². The number of carbonyl (C=O) groups excluding carboxylic acids is 1. The maximum Gasteiger partial charge on any atom is 0.231 e. The molecule has 0 unspecified atom stereocenters. The van der Waals surface area contributed by atoms with Crippen molar-refractivity contribution in [2.75, 3.05) is 19.9 Å². The highest BCUT2D eigenvalue weighted by Crippen LogP contribution is 2.38. The Morgan fingerprint density at radius 3 is 2.75 bits per heavy atom. The average Bonchev–Trinajstić information content (AvgIpc) is 2.98. The van der Waals surface area contributed by atoms with Crippen molar-refractivity contribution < 1.29 is 14.3 Å². The molecule has 1 aromatic carbocycles. The molecule has 0 spiro atoms. The predicted molar refractivity (Wildman–Crippen MR) is 76.7 cm³/mol. The van der Waals surface area contributed by atoms with Crippen LogP contribution in [0.2, 0.25) is 0 Å². The highest BCUT2D eigenvalue weighted by Gasteiger charge is 2.22. The molecule has 1 aliphatic heterocycles. The number of ketones is 1. The lowest BCUT2D eigenvalue weighted by Gasteiger charge is -2.02. The van der Waals surface area contributed by atoms with E-state index in [-0.39, 0.29) is 12.6 Å². The minimum absolute atomic E-state index is 0.105. The second-order valence-corrected chi connectivity index (χ2v) is 4.95. The van der Waals surface area contributed by atoms with Crippen LogP contribution in [0.15, 0.2) is 12.1 Å². The van der Waals surface area contributed by atoms with Crippen LogP contribution in [0.5, 0.6) is 11.5 Å². The van der Waals surface area contributed by atoms with Crippen molar-refractivity contribution in [1.82, 2.24) is 9.88 Å². The summed E-state index contributed by atoms with van der Waals surface area (Å²) in [7, 11) is 1.96. The maximum atomic E-state index is 12.4. The van der Waals surface area contributed by atoms with Gasteiger partial charge in [0.25, 0.3) is 0 Å². The lowest BCUT2D eigenvalue weighted by atomic mass is 10.1. The quantitative estimate of drug-likeness (QED) is 0.867. The Bertz CT molecular complexity index is 688. The number of Topliss-reactive ketones (excluding diaryl/α,β-unsaturated/α-hetero) is 1. The van der Waals surface area contributed by atoms with E-state index in [0.717, 1.165) is 34.5 Å². The van der Waals surface area contributed by atoms with E-state index in [1.165, 1.54) is 0 Å². The first-order valence-electron chi connectivity index (χ1n) is 6.76. The number of ether oxygens (including phenoxy) is 2. The van der Waals surface area contributed by atoms with Crippen LogP contribution in [0.25, 0.3) is 10.9 Å². The van der Waals surface area contributed by atoms with Crippen LogP contribution in [0.3, 0.4) is 0 Å². The van der Waals surface area contributed by atoms with Gasteiger partial charge in [0, 0.05) is 29.8 Å². The molecular formula is C15H18N2O3. The molecule has 0 saturated carbocycles. The number of aryl methyl sites for hydroxylation is 1. The normalized spacial score (nSPS) is 13.2. The molecule has 1 N–H and O–H groups in total. The van der Waals surface area contributed by atoms with E-state index in [1.54, 1.807) is 0 Å². The molecule has 1 aliphatic rings. The van der Waals surface area contributed by atoms with Crippen molar-refractivity contribution in [2.24, 2.45) is 7.05 Å². The van der Waals surface area contributed by atoms with Crippen LogP contribution in [0, 0.1) is 6.92 Å². The lowest BCUT2D eigenvalue weighted by molar-refractivity contribution is 0.0992. The van der Waals surface area contributed by atoms with E-state index in [4.69, 9.17) is 9.47 Å². The van der Waals surface area contributed by atoms with Gasteiger partial charge in [-0.05, 0) is 19.5 Å². The van der Waals surface area contributed by atoms with Crippen molar-refractivity contribution in [2.45, 2.75) is 13.8 Å². The molecule has 0 atom stereocenters. The standard InChI is InChI=1S/C15H18N2O3/c1-4-16-7-12(18)15-9(2)17(3)11-6-14-13(5-10(11)15)19-8-20-14/h5-6,16H,4,7-8H2,1-3H3. The Labute approximate surface area is 117 Å². The SMILES string of the molecule is CCNCC(=O)c1c(C)n(C)c2cc3c(cc12)OCO3. The Kier molecular flexibility index (Phi) is 3.14. The summed E-state index contributed by atoms with van der Waals surface area (Å²) in [6, 6.07) is 3.85. The largest absolute Gasteiger partial charge is 0.454 e. The minimum atomic E-state index is 0.105. The Balaban J connectivity index is 2.16. The number of nitrogens with one attached hydrogen (secondary N) is 1. The van der Waals surface area contributed by atoms with Crippen LogP contribution < -0.4 is 14.8 Å². The third-order valence-electron chi connectivity index (χ3n) is 3.80. The summed E-state index contributed by atoms with van der Waals surface area (Å²) in [5, 5.41) is 4.01. The van der Waals surface area contributed by atoms with Gasteiger partial charge in [0.05, 0.1) is 12.1 Å². The fourth-order valence-corrected chi connectivity index (χ4v) is 2.63. The molecule has 0 amide bonds. The number of rotatable bonds is 4.